The third kappa shape index (κ3) is 5.19. The summed E-state index contributed by atoms with van der Waals surface area (Å²) in [6, 6.07) is 10.8. The van der Waals surface area contributed by atoms with E-state index < -0.39 is 10.0 Å². The van der Waals surface area contributed by atoms with Crippen molar-refractivity contribution in [3.63, 3.8) is 0 Å². The van der Waals surface area contributed by atoms with E-state index >= 15 is 0 Å². The summed E-state index contributed by atoms with van der Waals surface area (Å²) in [6.45, 7) is 5.66. The van der Waals surface area contributed by atoms with Gasteiger partial charge in [-0.25, -0.2) is 13.1 Å². The SMILES string of the molecule is Cc1ccc(CNS(=O)(=O)c2c(Cl)cc(NCC3CCOC3C)cc2Cl)cc1. The number of hydrogen-bond acceptors (Lipinski definition) is 4. The minimum Gasteiger partial charge on any atom is -0.385 e. The van der Waals surface area contributed by atoms with Crippen molar-refractivity contribution in [2.45, 2.75) is 37.8 Å². The van der Waals surface area contributed by atoms with Gasteiger partial charge in [-0.3, -0.25) is 0 Å². The van der Waals surface area contributed by atoms with Crippen LogP contribution >= 0.6 is 23.2 Å². The van der Waals surface area contributed by atoms with Crippen LogP contribution in [0.15, 0.2) is 41.3 Å². The summed E-state index contributed by atoms with van der Waals surface area (Å²) in [4.78, 5) is -0.105. The van der Waals surface area contributed by atoms with Crippen LogP contribution in [-0.4, -0.2) is 27.7 Å². The van der Waals surface area contributed by atoms with Gasteiger partial charge < -0.3 is 10.1 Å². The van der Waals surface area contributed by atoms with Gasteiger partial charge in [0.25, 0.3) is 0 Å². The number of ether oxygens (including phenoxy) is 1. The van der Waals surface area contributed by atoms with Crippen molar-refractivity contribution in [2.75, 3.05) is 18.5 Å². The van der Waals surface area contributed by atoms with E-state index in [1.165, 1.54) is 0 Å². The quantitative estimate of drug-likeness (QED) is 0.656. The molecule has 28 heavy (non-hydrogen) atoms. The van der Waals surface area contributed by atoms with Crippen LogP contribution in [0.1, 0.15) is 24.5 Å². The molecule has 8 heteroatoms. The van der Waals surface area contributed by atoms with E-state index in [0.29, 0.717) is 18.2 Å². The van der Waals surface area contributed by atoms with Gasteiger partial charge in [0.05, 0.1) is 16.1 Å². The summed E-state index contributed by atoms with van der Waals surface area (Å²) in [5.74, 6) is 0.400. The predicted octanol–water partition coefficient (Wildman–Crippen LogP) is 4.62. The third-order valence-electron chi connectivity index (χ3n) is 4.96. The zero-order chi connectivity index (χ0) is 20.3. The van der Waals surface area contributed by atoms with Gasteiger partial charge in [0.2, 0.25) is 10.0 Å². The average Bonchev–Trinajstić information content (AvgIpc) is 3.04. The van der Waals surface area contributed by atoms with Crippen molar-refractivity contribution in [2.24, 2.45) is 5.92 Å². The highest BCUT2D eigenvalue weighted by atomic mass is 35.5. The van der Waals surface area contributed by atoms with Crippen LogP contribution in [0, 0.1) is 12.8 Å². The van der Waals surface area contributed by atoms with Gasteiger partial charge >= 0.3 is 0 Å². The summed E-state index contributed by atoms with van der Waals surface area (Å²) < 4.78 is 33.6. The molecule has 3 rings (SSSR count). The van der Waals surface area contributed by atoms with Gasteiger partial charge in [-0.1, -0.05) is 53.0 Å². The number of aryl methyl sites for hydroxylation is 1. The molecule has 1 saturated heterocycles. The molecule has 152 valence electrons. The number of halogens is 2. The Balaban J connectivity index is 1.70. The maximum absolute atomic E-state index is 12.7. The largest absolute Gasteiger partial charge is 0.385 e. The topological polar surface area (TPSA) is 67.4 Å². The average molecular weight is 443 g/mol. The number of sulfonamides is 1. The Hall–Kier alpha value is -1.31. The minimum absolute atomic E-state index is 0.0853. The van der Waals surface area contributed by atoms with Gasteiger partial charge in [0, 0.05) is 31.3 Å². The van der Waals surface area contributed by atoms with Crippen LogP contribution in [-0.2, 0) is 21.3 Å². The predicted molar refractivity (Wildman–Crippen MR) is 114 cm³/mol. The van der Waals surface area contributed by atoms with Gasteiger partial charge in [-0.05, 0) is 38.0 Å². The molecule has 2 aromatic carbocycles. The number of anilines is 1. The molecule has 0 radical (unpaired) electrons. The summed E-state index contributed by atoms with van der Waals surface area (Å²) in [6.07, 6.45) is 1.19. The van der Waals surface area contributed by atoms with Crippen molar-refractivity contribution in [1.82, 2.24) is 4.72 Å². The van der Waals surface area contributed by atoms with E-state index in [2.05, 4.69) is 17.0 Å². The molecule has 0 aromatic heterocycles. The second-order valence-corrected chi connectivity index (χ2v) is 9.60. The molecule has 1 aliphatic rings. The number of hydrogen-bond donors (Lipinski definition) is 2. The lowest BCUT2D eigenvalue weighted by Gasteiger charge is -2.17. The molecule has 2 aromatic rings. The van der Waals surface area contributed by atoms with Gasteiger partial charge in [0.1, 0.15) is 4.90 Å². The second kappa shape index (κ2) is 9.01. The molecular formula is C20H24Cl2N2O3S. The fraction of sp³-hybridized carbons (Fsp3) is 0.400. The fourth-order valence-corrected chi connectivity index (χ4v) is 5.40. The minimum atomic E-state index is -3.85. The first-order valence-electron chi connectivity index (χ1n) is 9.16. The lowest BCUT2D eigenvalue weighted by Crippen LogP contribution is -2.24. The van der Waals surface area contributed by atoms with E-state index in [1.54, 1.807) is 12.1 Å². The molecular weight excluding hydrogens is 419 g/mol. The van der Waals surface area contributed by atoms with Crippen LogP contribution in [0.4, 0.5) is 5.69 Å². The zero-order valence-electron chi connectivity index (χ0n) is 15.8. The first-order chi connectivity index (χ1) is 13.3. The Bertz CT molecular complexity index is 910. The van der Waals surface area contributed by atoms with E-state index in [0.717, 1.165) is 24.2 Å². The van der Waals surface area contributed by atoms with Crippen LogP contribution in [0.5, 0.6) is 0 Å². The first-order valence-corrected chi connectivity index (χ1v) is 11.4. The standard InChI is InChI=1S/C20H24Cl2N2O3S/c1-13-3-5-15(6-4-13)11-24-28(25,26)20-18(21)9-17(10-19(20)22)23-12-16-7-8-27-14(16)2/h3-6,9-10,14,16,23-24H,7-8,11-12H2,1-2H3. The highest BCUT2D eigenvalue weighted by Gasteiger charge is 2.25. The molecule has 1 fully saturated rings. The molecule has 0 spiro atoms. The van der Waals surface area contributed by atoms with E-state index in [4.69, 9.17) is 27.9 Å². The van der Waals surface area contributed by atoms with Crippen LogP contribution in [0.3, 0.4) is 0 Å². The van der Waals surface area contributed by atoms with E-state index in [-0.39, 0.29) is 27.6 Å². The number of rotatable bonds is 7. The highest BCUT2D eigenvalue weighted by Crippen LogP contribution is 2.33. The number of nitrogens with one attached hydrogen (secondary N) is 2. The molecule has 1 aliphatic heterocycles. The van der Waals surface area contributed by atoms with Crippen LogP contribution in [0.25, 0.3) is 0 Å². The molecule has 0 amide bonds. The third-order valence-corrected chi connectivity index (χ3v) is 7.28. The van der Waals surface area contributed by atoms with Gasteiger partial charge in [-0.2, -0.15) is 0 Å². The lowest BCUT2D eigenvalue weighted by atomic mass is 10.0. The molecule has 1 heterocycles. The van der Waals surface area contributed by atoms with Crippen molar-refractivity contribution < 1.29 is 13.2 Å². The van der Waals surface area contributed by atoms with Crippen molar-refractivity contribution in [1.29, 1.82) is 0 Å². The smallest absolute Gasteiger partial charge is 0.243 e. The van der Waals surface area contributed by atoms with E-state index in [1.807, 2.05) is 31.2 Å². The Labute approximate surface area is 176 Å². The van der Waals surface area contributed by atoms with E-state index in [9.17, 15) is 8.42 Å². The summed E-state index contributed by atoms with van der Waals surface area (Å²) in [5, 5.41) is 3.45. The normalized spacial score (nSPS) is 19.7. The van der Waals surface area contributed by atoms with Crippen molar-refractivity contribution >= 4 is 38.9 Å². The number of benzene rings is 2. The van der Waals surface area contributed by atoms with Gasteiger partial charge in [-0.15, -0.1) is 0 Å². The molecule has 5 nitrogen and oxygen atoms in total. The lowest BCUT2D eigenvalue weighted by molar-refractivity contribution is 0.108. The van der Waals surface area contributed by atoms with Crippen LogP contribution < -0.4 is 10.0 Å². The molecule has 2 unspecified atom stereocenters. The maximum atomic E-state index is 12.7. The Morgan fingerprint density at radius 3 is 2.36 bits per heavy atom. The molecule has 0 saturated carbocycles. The first kappa shape index (κ1) is 21.4. The highest BCUT2D eigenvalue weighted by molar-refractivity contribution is 7.89. The van der Waals surface area contributed by atoms with Gasteiger partial charge in [0.15, 0.2) is 0 Å². The van der Waals surface area contributed by atoms with Crippen molar-refractivity contribution in [3.8, 4) is 0 Å². The summed E-state index contributed by atoms with van der Waals surface area (Å²) >= 11 is 12.6. The fourth-order valence-electron chi connectivity index (χ4n) is 3.17. The maximum Gasteiger partial charge on any atom is 0.243 e. The molecule has 0 bridgehead atoms. The zero-order valence-corrected chi connectivity index (χ0v) is 18.2. The molecule has 0 aliphatic carbocycles. The monoisotopic (exact) mass is 442 g/mol. The molecule has 2 N–H and O–H groups in total. The Kier molecular flexibility index (Phi) is 6.89. The summed E-state index contributed by atoms with van der Waals surface area (Å²) in [7, 11) is -3.85. The Morgan fingerprint density at radius 1 is 1.14 bits per heavy atom. The Morgan fingerprint density at radius 2 is 1.79 bits per heavy atom. The summed E-state index contributed by atoms with van der Waals surface area (Å²) in [5.41, 5.74) is 2.65. The van der Waals surface area contributed by atoms with Crippen molar-refractivity contribution in [3.05, 3.63) is 57.6 Å². The molecule has 2 atom stereocenters. The second-order valence-electron chi connectivity index (χ2n) is 7.08. The van der Waals surface area contributed by atoms with Crippen LogP contribution in [0.2, 0.25) is 10.0 Å².